The Bertz CT molecular complexity index is 238. The first-order valence-corrected chi connectivity index (χ1v) is 20.1. The van der Waals surface area contributed by atoms with E-state index in [2.05, 4.69) is 13.8 Å². The summed E-state index contributed by atoms with van der Waals surface area (Å²) in [5.74, 6) is 0. The molecule has 2 aliphatic rings. The maximum absolute atomic E-state index is 2.40. The van der Waals surface area contributed by atoms with Crippen molar-refractivity contribution in [3.05, 3.63) is 0 Å². The van der Waals surface area contributed by atoms with Gasteiger partial charge in [-0.2, -0.15) is 0 Å². The molecule has 0 aromatic carbocycles. The fourth-order valence-corrected chi connectivity index (χ4v) is 39.2. The number of unbranched alkanes of at least 4 members (excludes halogenated alkanes) is 2. The van der Waals surface area contributed by atoms with Crippen LogP contribution < -0.4 is 0 Å². The first-order chi connectivity index (χ1) is 9.24. The van der Waals surface area contributed by atoms with Gasteiger partial charge in [0.05, 0.1) is 0 Å². The Kier molecular flexibility index (Phi) is 6.78. The van der Waals surface area contributed by atoms with Gasteiger partial charge in [-0.25, -0.2) is 0 Å². The van der Waals surface area contributed by atoms with Crippen molar-refractivity contribution in [3.63, 3.8) is 0 Å². The molecular formula is C17H36SiSn. The molecule has 2 rings (SSSR count). The predicted octanol–water partition coefficient (Wildman–Crippen LogP) is 6.68. The molecule has 0 aromatic rings. The summed E-state index contributed by atoms with van der Waals surface area (Å²) in [5, 5.41) is 0. The third-order valence-electron chi connectivity index (χ3n) is 6.41. The average molecular weight is 387 g/mol. The standard InChI is InChI=1S/C9H18Si.2C4H9.Sn/c1-3-10(4-2)8-6-5-7-9-10;2*1-3-4-2;/h1-9H2;2*1,3-4H2,2H3;. The van der Waals surface area contributed by atoms with E-state index in [0.29, 0.717) is 0 Å². The van der Waals surface area contributed by atoms with Gasteiger partial charge in [-0.05, 0) is 0 Å². The topological polar surface area (TPSA) is 0 Å². The molecule has 0 bridgehead atoms. The van der Waals surface area contributed by atoms with E-state index in [4.69, 9.17) is 0 Å². The second-order valence-electron chi connectivity index (χ2n) is 7.77. The minimum absolute atomic E-state index is 0.685. The van der Waals surface area contributed by atoms with Crippen LogP contribution in [-0.2, 0) is 0 Å². The predicted molar refractivity (Wildman–Crippen MR) is 93.6 cm³/mol. The molecule has 2 heterocycles. The number of hydrogen-bond acceptors (Lipinski definition) is 0. The molecule has 19 heavy (non-hydrogen) atoms. The molecule has 1 spiro atoms. The van der Waals surface area contributed by atoms with E-state index in [1.807, 2.05) is 8.87 Å². The normalized spacial score (nSPS) is 25.6. The molecule has 2 saturated heterocycles. The van der Waals surface area contributed by atoms with Gasteiger partial charge in [0.2, 0.25) is 0 Å². The van der Waals surface area contributed by atoms with Crippen LogP contribution in [0.1, 0.15) is 58.8 Å². The summed E-state index contributed by atoms with van der Waals surface area (Å²) in [6, 6.07) is 7.07. The second kappa shape index (κ2) is 7.86. The van der Waals surface area contributed by atoms with Crippen molar-refractivity contribution in [2.24, 2.45) is 0 Å². The van der Waals surface area contributed by atoms with Crippen LogP contribution in [0.25, 0.3) is 0 Å². The van der Waals surface area contributed by atoms with Crippen LogP contribution in [0.3, 0.4) is 0 Å². The van der Waals surface area contributed by atoms with Crippen LogP contribution in [0.2, 0.25) is 41.9 Å². The van der Waals surface area contributed by atoms with Gasteiger partial charge in [-0.15, -0.1) is 0 Å². The third kappa shape index (κ3) is 4.49. The summed E-state index contributed by atoms with van der Waals surface area (Å²) in [6.07, 6.45) is 10.8. The molecule has 0 aromatic heterocycles. The summed E-state index contributed by atoms with van der Waals surface area (Å²) in [5.41, 5.74) is 0. The van der Waals surface area contributed by atoms with E-state index < -0.39 is 26.5 Å². The van der Waals surface area contributed by atoms with Gasteiger partial charge in [-0.1, -0.05) is 0 Å². The summed E-state index contributed by atoms with van der Waals surface area (Å²) >= 11 is -1.62. The van der Waals surface area contributed by atoms with Gasteiger partial charge in [0, 0.05) is 0 Å². The molecule has 0 unspecified atom stereocenters. The monoisotopic (exact) mass is 388 g/mol. The van der Waals surface area contributed by atoms with Crippen molar-refractivity contribution in [1.29, 1.82) is 0 Å². The Morgan fingerprint density at radius 1 is 0.737 bits per heavy atom. The molecular weight excluding hydrogens is 351 g/mol. The van der Waals surface area contributed by atoms with Crippen LogP contribution in [-0.4, -0.2) is 26.5 Å². The van der Waals surface area contributed by atoms with E-state index in [0.717, 1.165) is 0 Å². The fourth-order valence-electron chi connectivity index (χ4n) is 4.84. The van der Waals surface area contributed by atoms with Crippen molar-refractivity contribution < 1.29 is 0 Å². The molecule has 2 aliphatic heterocycles. The number of rotatable bonds is 6. The molecule has 0 atom stereocenters. The second-order valence-corrected chi connectivity index (χ2v) is 27.0. The van der Waals surface area contributed by atoms with Gasteiger partial charge >= 0.3 is 127 Å². The molecule has 0 amide bonds. The molecule has 0 N–H and O–H groups in total. The summed E-state index contributed by atoms with van der Waals surface area (Å²) in [7, 11) is -0.685. The molecule has 0 nitrogen and oxygen atoms in total. The molecule has 0 saturated carbocycles. The minimum atomic E-state index is -1.62. The first-order valence-electron chi connectivity index (χ1n) is 9.24. The van der Waals surface area contributed by atoms with Crippen LogP contribution in [0.15, 0.2) is 0 Å². The Morgan fingerprint density at radius 2 is 1.26 bits per heavy atom. The Labute approximate surface area is 127 Å². The van der Waals surface area contributed by atoms with E-state index in [1.165, 1.54) is 12.8 Å². The zero-order valence-corrected chi connectivity index (χ0v) is 17.5. The van der Waals surface area contributed by atoms with Crippen LogP contribution in [0.5, 0.6) is 0 Å². The van der Waals surface area contributed by atoms with Crippen molar-refractivity contribution in [2.45, 2.75) is 101 Å². The molecule has 2 heteroatoms. The zero-order chi connectivity index (χ0) is 13.6. The van der Waals surface area contributed by atoms with Gasteiger partial charge in [0.25, 0.3) is 0 Å². The van der Waals surface area contributed by atoms with Crippen LogP contribution >= 0.6 is 0 Å². The fraction of sp³-hybridized carbons (Fsp3) is 1.00. The molecule has 2 fully saturated rings. The Balaban J connectivity index is 1.91. The van der Waals surface area contributed by atoms with Gasteiger partial charge < -0.3 is 0 Å². The van der Waals surface area contributed by atoms with Gasteiger partial charge in [0.15, 0.2) is 0 Å². The van der Waals surface area contributed by atoms with E-state index in [1.54, 1.807) is 65.2 Å². The summed E-state index contributed by atoms with van der Waals surface area (Å²) in [6.45, 7) is 4.80. The third-order valence-corrected chi connectivity index (χ3v) is 30.3. The van der Waals surface area contributed by atoms with Gasteiger partial charge in [-0.3, -0.25) is 0 Å². The van der Waals surface area contributed by atoms with Crippen molar-refractivity contribution in [3.8, 4) is 0 Å². The van der Waals surface area contributed by atoms with Crippen LogP contribution in [0, 0.1) is 0 Å². The van der Waals surface area contributed by atoms with Gasteiger partial charge in [0.1, 0.15) is 0 Å². The van der Waals surface area contributed by atoms with Crippen molar-refractivity contribution in [2.75, 3.05) is 0 Å². The van der Waals surface area contributed by atoms with Crippen LogP contribution in [0.4, 0.5) is 0 Å². The Hall–Kier alpha value is 1.02. The summed E-state index contributed by atoms with van der Waals surface area (Å²) in [4.78, 5) is 0. The summed E-state index contributed by atoms with van der Waals surface area (Å²) < 4.78 is 7.19. The zero-order valence-electron chi connectivity index (χ0n) is 13.6. The van der Waals surface area contributed by atoms with Crippen molar-refractivity contribution in [1.82, 2.24) is 0 Å². The Morgan fingerprint density at radius 3 is 1.74 bits per heavy atom. The molecule has 112 valence electrons. The average Bonchev–Trinajstić information content (AvgIpc) is 2.47. The maximum atomic E-state index is 2.40. The molecule has 0 aliphatic carbocycles. The number of hydrogen-bond donors (Lipinski definition) is 0. The van der Waals surface area contributed by atoms with E-state index in [9.17, 15) is 0 Å². The van der Waals surface area contributed by atoms with E-state index >= 15 is 0 Å². The van der Waals surface area contributed by atoms with Crippen molar-refractivity contribution >= 4 is 26.5 Å². The quantitative estimate of drug-likeness (QED) is 0.446. The van der Waals surface area contributed by atoms with E-state index in [-0.39, 0.29) is 0 Å². The SMILES string of the molecule is CCC[CH2][Sn]1([CH2]CCC)[CH2]C[Si]2(CCCCC2)C[CH2]1. The molecule has 0 radical (unpaired) electrons. The first kappa shape index (κ1) is 16.4.